The van der Waals surface area contributed by atoms with E-state index in [0.29, 0.717) is 25.1 Å². The van der Waals surface area contributed by atoms with Gasteiger partial charge >= 0.3 is 0 Å². The number of H-pyrrole nitrogens is 1. The van der Waals surface area contributed by atoms with Crippen molar-refractivity contribution in [2.24, 2.45) is 0 Å². The first-order chi connectivity index (χ1) is 18.3. The summed E-state index contributed by atoms with van der Waals surface area (Å²) < 4.78 is 42.2. The van der Waals surface area contributed by atoms with Crippen LogP contribution in [0.15, 0.2) is 24.4 Å². The molecule has 0 aliphatic carbocycles. The van der Waals surface area contributed by atoms with E-state index in [4.69, 9.17) is 5.26 Å². The van der Waals surface area contributed by atoms with E-state index in [1.165, 1.54) is 25.3 Å². The Hall–Kier alpha value is -4.47. The van der Waals surface area contributed by atoms with E-state index >= 15 is 0 Å². The molecule has 2 aromatic heterocycles. The Labute approximate surface area is 215 Å². The minimum atomic E-state index is -1.60. The smallest absolute Gasteiger partial charge is 0.293 e. The molecule has 1 aliphatic rings. The number of carbonyl (C=O) groups excluding carboxylic acids is 3. The lowest BCUT2D eigenvalue weighted by atomic mass is 9.88. The Bertz CT molecular complexity index is 1420. The summed E-state index contributed by atoms with van der Waals surface area (Å²) in [5, 5.41) is 24.0. The fraction of sp³-hybridized carbons (Fsp3) is 0.360. The lowest BCUT2D eigenvalue weighted by Gasteiger charge is -2.31. The van der Waals surface area contributed by atoms with Crippen LogP contribution in [0.25, 0.3) is 0 Å². The van der Waals surface area contributed by atoms with Gasteiger partial charge in [-0.3, -0.25) is 23.2 Å². The molecule has 13 heteroatoms. The number of amides is 2. The molecule has 0 spiro atoms. The molecule has 0 fully saturated rings. The number of Topliss-reactive ketones (excluding diaryl/α,β-unsaturated/α-hetero) is 1. The van der Waals surface area contributed by atoms with E-state index in [1.54, 1.807) is 10.6 Å². The van der Waals surface area contributed by atoms with E-state index in [-0.39, 0.29) is 46.6 Å². The van der Waals surface area contributed by atoms with Crippen molar-refractivity contribution in [3.63, 3.8) is 0 Å². The zero-order valence-corrected chi connectivity index (χ0v) is 20.4. The number of halogens is 3. The lowest BCUT2D eigenvalue weighted by molar-refractivity contribution is -0.119. The Morgan fingerprint density at radius 2 is 1.97 bits per heavy atom. The summed E-state index contributed by atoms with van der Waals surface area (Å²) in [5.41, 5.74) is -0.643. The number of rotatable bonds is 10. The molecule has 0 saturated carbocycles. The van der Waals surface area contributed by atoms with Crippen molar-refractivity contribution < 1.29 is 27.6 Å². The van der Waals surface area contributed by atoms with E-state index < -0.39 is 42.3 Å². The zero-order valence-electron chi connectivity index (χ0n) is 20.4. The Kier molecular flexibility index (Phi) is 7.61. The molecule has 198 valence electrons. The summed E-state index contributed by atoms with van der Waals surface area (Å²) in [6, 6.07) is 5.25. The van der Waals surface area contributed by atoms with E-state index in [2.05, 4.69) is 26.0 Å². The number of benzene rings is 1. The second-order valence-electron chi connectivity index (χ2n) is 8.91. The van der Waals surface area contributed by atoms with Crippen molar-refractivity contribution in [3.8, 4) is 6.07 Å². The molecule has 0 saturated heterocycles. The number of aromatic amines is 1. The molecule has 0 unspecified atom stereocenters. The molecule has 0 bridgehead atoms. The third-order valence-corrected chi connectivity index (χ3v) is 6.70. The van der Waals surface area contributed by atoms with Crippen molar-refractivity contribution in [2.75, 3.05) is 18.7 Å². The van der Waals surface area contributed by atoms with Gasteiger partial charge in [0.15, 0.2) is 0 Å². The van der Waals surface area contributed by atoms with Crippen LogP contribution in [0, 0.1) is 24.1 Å². The number of nitrogens with zero attached hydrogens (tertiary/aromatic N) is 4. The predicted molar refractivity (Wildman–Crippen MR) is 128 cm³/mol. The maximum Gasteiger partial charge on any atom is 0.293 e. The van der Waals surface area contributed by atoms with E-state index in [9.17, 15) is 27.6 Å². The van der Waals surface area contributed by atoms with Crippen LogP contribution in [0.5, 0.6) is 0 Å². The molecule has 1 aromatic carbocycles. The number of aromatic nitrogens is 4. The number of fused-ring (bicyclic) bond motifs is 1. The van der Waals surface area contributed by atoms with Crippen molar-refractivity contribution in [3.05, 3.63) is 64.0 Å². The minimum Gasteiger partial charge on any atom is -0.340 e. The Morgan fingerprint density at radius 1 is 1.24 bits per heavy atom. The van der Waals surface area contributed by atoms with Crippen molar-refractivity contribution in [1.29, 1.82) is 5.26 Å². The number of carbonyl (C=O) groups is 3. The highest BCUT2D eigenvalue weighted by Crippen LogP contribution is 2.32. The predicted octanol–water partition coefficient (Wildman–Crippen LogP) is 3.04. The second kappa shape index (κ2) is 10.9. The van der Waals surface area contributed by atoms with Crippen LogP contribution in [0.3, 0.4) is 0 Å². The summed E-state index contributed by atoms with van der Waals surface area (Å²) >= 11 is 0. The number of hydrogen-bond donors (Lipinski definition) is 3. The van der Waals surface area contributed by atoms with Crippen LogP contribution in [-0.4, -0.2) is 50.9 Å². The Morgan fingerprint density at radius 3 is 2.61 bits per heavy atom. The first-order valence-electron chi connectivity index (χ1n) is 11.8. The van der Waals surface area contributed by atoms with Crippen LogP contribution in [0.1, 0.15) is 62.6 Å². The second-order valence-corrected chi connectivity index (χ2v) is 8.91. The number of alkyl halides is 2. The summed E-state index contributed by atoms with van der Waals surface area (Å²) in [5.74, 6) is -3.38. The molecule has 0 atom stereocenters. The quantitative estimate of drug-likeness (QED) is 0.273. The number of hydrogen-bond acceptors (Lipinski definition) is 6. The highest BCUT2D eigenvalue weighted by molar-refractivity contribution is 6.43. The van der Waals surface area contributed by atoms with Crippen LogP contribution >= 0.6 is 0 Å². The number of ketones is 1. The lowest BCUT2D eigenvalue weighted by Crippen LogP contribution is -2.49. The molecule has 3 aromatic rings. The van der Waals surface area contributed by atoms with Crippen molar-refractivity contribution in [2.45, 2.75) is 44.7 Å². The number of anilines is 1. The van der Waals surface area contributed by atoms with Gasteiger partial charge < -0.3 is 15.2 Å². The van der Waals surface area contributed by atoms with Gasteiger partial charge in [-0.25, -0.2) is 4.39 Å². The van der Waals surface area contributed by atoms with Gasteiger partial charge in [0, 0.05) is 30.8 Å². The molecule has 3 heterocycles. The molecule has 10 nitrogen and oxygen atoms in total. The third-order valence-electron chi connectivity index (χ3n) is 6.70. The van der Waals surface area contributed by atoms with Crippen LogP contribution in [0.2, 0.25) is 0 Å². The highest BCUT2D eigenvalue weighted by Gasteiger charge is 2.40. The minimum absolute atomic E-state index is 0.0384. The summed E-state index contributed by atoms with van der Waals surface area (Å²) in [7, 11) is 0. The van der Waals surface area contributed by atoms with E-state index in [1.807, 2.05) is 0 Å². The topological polar surface area (TPSA) is 146 Å². The molecule has 38 heavy (non-hydrogen) atoms. The molecule has 2 amide bonds. The molecule has 4 rings (SSSR count). The summed E-state index contributed by atoms with van der Waals surface area (Å²) in [6.07, 6.45) is 1.63. The molecule has 1 aliphatic heterocycles. The molecular weight excluding hydrogens is 503 g/mol. The monoisotopic (exact) mass is 527 g/mol. The maximum absolute atomic E-state index is 13.7. The van der Waals surface area contributed by atoms with Gasteiger partial charge in [-0.15, -0.1) is 0 Å². The largest absolute Gasteiger partial charge is 0.340 e. The average molecular weight is 528 g/mol. The molecule has 3 N–H and O–H groups in total. The summed E-state index contributed by atoms with van der Waals surface area (Å²) in [6.45, 7) is 0.125. The van der Waals surface area contributed by atoms with Gasteiger partial charge in [0.1, 0.15) is 23.3 Å². The Balaban J connectivity index is 1.66. The van der Waals surface area contributed by atoms with Gasteiger partial charge in [-0.2, -0.15) is 20.7 Å². The standard InChI is InChI=1S/C25H24F3N7O3/c1-14-20(22(36)24(38)32-25(6-8-26,7-9-27)19-13-30-34-33-19)18-3-2-10-35(18)21(14)23(37)31-16-4-5-17(28)15(11-16)12-29/h4-5,11,13H,2-3,6-10H2,1H3,(H,31,37)(H,32,38)(H,30,33,34). The fourth-order valence-corrected chi connectivity index (χ4v) is 4.90. The molecular formula is C25H24F3N7O3. The van der Waals surface area contributed by atoms with Crippen LogP contribution in [-0.2, 0) is 23.3 Å². The normalized spacial score (nSPS) is 12.6. The SMILES string of the molecule is Cc1c(C(=O)C(=O)NC(CCF)(CCF)c2cn[nH]n2)c2n(c1C(=O)Nc1ccc(F)c(C#N)c1)CCC2. The van der Waals surface area contributed by atoms with Crippen LogP contribution < -0.4 is 10.6 Å². The first-order valence-corrected chi connectivity index (χ1v) is 11.8. The number of nitriles is 1. The van der Waals surface area contributed by atoms with Gasteiger partial charge in [-0.05, 0) is 43.5 Å². The summed E-state index contributed by atoms with van der Waals surface area (Å²) in [4.78, 5) is 39.8. The van der Waals surface area contributed by atoms with Crippen molar-refractivity contribution >= 4 is 23.3 Å². The number of nitrogens with one attached hydrogen (secondary N) is 3. The maximum atomic E-state index is 13.7. The van der Waals surface area contributed by atoms with Gasteiger partial charge in [0.2, 0.25) is 0 Å². The average Bonchev–Trinajstić information content (AvgIpc) is 3.63. The molecule has 0 radical (unpaired) electrons. The third kappa shape index (κ3) is 4.77. The highest BCUT2D eigenvalue weighted by atomic mass is 19.1. The van der Waals surface area contributed by atoms with E-state index in [0.717, 1.165) is 6.07 Å². The van der Waals surface area contributed by atoms with Crippen molar-refractivity contribution in [1.82, 2.24) is 25.3 Å². The first kappa shape index (κ1) is 26.6. The zero-order chi connectivity index (χ0) is 27.4. The van der Waals surface area contributed by atoms with Gasteiger partial charge in [-0.1, -0.05) is 0 Å². The van der Waals surface area contributed by atoms with Crippen LogP contribution in [0.4, 0.5) is 18.9 Å². The van der Waals surface area contributed by atoms with Gasteiger partial charge in [0.25, 0.3) is 17.6 Å². The fourth-order valence-electron chi connectivity index (χ4n) is 4.90. The van der Waals surface area contributed by atoms with Gasteiger partial charge in [0.05, 0.1) is 36.2 Å².